The van der Waals surface area contributed by atoms with E-state index < -0.39 is 22.5 Å². The van der Waals surface area contributed by atoms with E-state index in [2.05, 4.69) is 0 Å². The highest BCUT2D eigenvalue weighted by atomic mass is 32.2. The maximum Gasteiger partial charge on any atom is 0.318 e. The number of sulfonamides is 1. The average molecular weight is 314 g/mol. The molecule has 1 N–H and O–H groups in total. The molecule has 0 fully saturated rings. The first-order valence-corrected chi connectivity index (χ1v) is 8.02. The molecule has 0 atom stereocenters. The van der Waals surface area contributed by atoms with E-state index in [1.165, 1.54) is 0 Å². The standard InChI is InChI=1S/C14H22N2O4S/c1-11-5-6-12(2)13(9-11)21(19,20)16(10-14(17)18)8-7-15(3)4/h5-6,9H,7-8,10H2,1-4H3,(H,17,18). The number of hydrogen-bond donors (Lipinski definition) is 1. The lowest BCUT2D eigenvalue weighted by Gasteiger charge is -2.23. The molecular weight excluding hydrogens is 292 g/mol. The second-order valence-corrected chi connectivity index (χ2v) is 7.21. The number of likely N-dealkylation sites (N-methyl/N-ethyl adjacent to an activating group) is 1. The summed E-state index contributed by atoms with van der Waals surface area (Å²) in [6.45, 7) is 3.56. The van der Waals surface area contributed by atoms with Gasteiger partial charge in [-0.25, -0.2) is 8.42 Å². The molecule has 0 aliphatic carbocycles. The van der Waals surface area contributed by atoms with Gasteiger partial charge in [0.25, 0.3) is 0 Å². The van der Waals surface area contributed by atoms with Crippen LogP contribution in [0.5, 0.6) is 0 Å². The lowest BCUT2D eigenvalue weighted by Crippen LogP contribution is -2.40. The molecule has 0 aliphatic rings. The summed E-state index contributed by atoms with van der Waals surface area (Å²) in [6, 6.07) is 5.14. The van der Waals surface area contributed by atoms with Crippen LogP contribution in [-0.2, 0) is 14.8 Å². The highest BCUT2D eigenvalue weighted by Gasteiger charge is 2.27. The summed E-state index contributed by atoms with van der Waals surface area (Å²) in [4.78, 5) is 12.9. The third kappa shape index (κ3) is 4.80. The van der Waals surface area contributed by atoms with E-state index in [9.17, 15) is 13.2 Å². The molecule has 6 nitrogen and oxygen atoms in total. The number of rotatable bonds is 7. The number of aryl methyl sites for hydroxylation is 2. The van der Waals surface area contributed by atoms with Gasteiger partial charge in [-0.2, -0.15) is 4.31 Å². The molecule has 1 aromatic carbocycles. The van der Waals surface area contributed by atoms with Crippen molar-refractivity contribution in [2.75, 3.05) is 33.7 Å². The molecule has 0 heterocycles. The molecule has 1 aromatic rings. The summed E-state index contributed by atoms with van der Waals surface area (Å²) < 4.78 is 26.4. The maximum atomic E-state index is 12.7. The Hall–Kier alpha value is -1.44. The smallest absolute Gasteiger partial charge is 0.318 e. The Morgan fingerprint density at radius 2 is 1.81 bits per heavy atom. The normalized spacial score (nSPS) is 12.1. The minimum absolute atomic E-state index is 0.134. The molecule has 0 saturated heterocycles. The van der Waals surface area contributed by atoms with Crippen molar-refractivity contribution in [3.8, 4) is 0 Å². The first-order valence-electron chi connectivity index (χ1n) is 6.58. The second-order valence-electron chi connectivity index (χ2n) is 5.30. The second kappa shape index (κ2) is 7.02. The molecule has 21 heavy (non-hydrogen) atoms. The monoisotopic (exact) mass is 314 g/mol. The van der Waals surface area contributed by atoms with Crippen LogP contribution in [0.25, 0.3) is 0 Å². The van der Waals surface area contributed by atoms with E-state index in [0.29, 0.717) is 12.1 Å². The molecule has 0 radical (unpaired) electrons. The SMILES string of the molecule is Cc1ccc(C)c(S(=O)(=O)N(CCN(C)C)CC(=O)O)c1. The Morgan fingerprint density at radius 3 is 2.33 bits per heavy atom. The van der Waals surface area contributed by atoms with Gasteiger partial charge in [0.1, 0.15) is 6.54 Å². The Morgan fingerprint density at radius 1 is 1.19 bits per heavy atom. The Bertz CT molecular complexity index is 611. The van der Waals surface area contributed by atoms with Gasteiger partial charge >= 0.3 is 5.97 Å². The molecule has 0 saturated carbocycles. The van der Waals surface area contributed by atoms with Crippen LogP contribution in [0.3, 0.4) is 0 Å². The Balaban J connectivity index is 3.19. The van der Waals surface area contributed by atoms with Crippen LogP contribution >= 0.6 is 0 Å². The van der Waals surface area contributed by atoms with Crippen LogP contribution in [-0.4, -0.2) is 62.4 Å². The van der Waals surface area contributed by atoms with Crippen molar-refractivity contribution in [1.29, 1.82) is 0 Å². The van der Waals surface area contributed by atoms with Gasteiger partial charge in [0.15, 0.2) is 0 Å². The van der Waals surface area contributed by atoms with Crippen molar-refractivity contribution >= 4 is 16.0 Å². The lowest BCUT2D eigenvalue weighted by molar-refractivity contribution is -0.137. The van der Waals surface area contributed by atoms with Crippen molar-refractivity contribution in [2.45, 2.75) is 18.7 Å². The fourth-order valence-corrected chi connectivity index (χ4v) is 3.56. The molecule has 1 rings (SSSR count). The lowest BCUT2D eigenvalue weighted by atomic mass is 10.2. The van der Waals surface area contributed by atoms with Gasteiger partial charge in [0.2, 0.25) is 10.0 Å². The number of aliphatic carboxylic acids is 1. The van der Waals surface area contributed by atoms with Gasteiger partial charge in [-0.15, -0.1) is 0 Å². The summed E-state index contributed by atoms with van der Waals surface area (Å²) in [5.41, 5.74) is 1.43. The molecule has 0 aromatic heterocycles. The summed E-state index contributed by atoms with van der Waals surface area (Å²) >= 11 is 0. The minimum Gasteiger partial charge on any atom is -0.480 e. The predicted molar refractivity (Wildman–Crippen MR) is 80.9 cm³/mol. The van der Waals surface area contributed by atoms with Crippen molar-refractivity contribution in [3.05, 3.63) is 29.3 Å². The van der Waals surface area contributed by atoms with Crippen LogP contribution in [0.2, 0.25) is 0 Å². The van der Waals surface area contributed by atoms with Crippen LogP contribution in [0.1, 0.15) is 11.1 Å². The van der Waals surface area contributed by atoms with E-state index in [4.69, 9.17) is 5.11 Å². The topological polar surface area (TPSA) is 77.9 Å². The Labute approximate surface area is 126 Å². The number of nitrogens with zero attached hydrogens (tertiary/aromatic N) is 2. The summed E-state index contributed by atoms with van der Waals surface area (Å²) in [7, 11) is -0.201. The van der Waals surface area contributed by atoms with E-state index in [1.807, 2.05) is 25.1 Å². The van der Waals surface area contributed by atoms with E-state index in [0.717, 1.165) is 9.87 Å². The fraction of sp³-hybridized carbons (Fsp3) is 0.500. The first kappa shape index (κ1) is 17.6. The fourth-order valence-electron chi connectivity index (χ4n) is 1.87. The zero-order valence-electron chi connectivity index (χ0n) is 12.8. The van der Waals surface area contributed by atoms with Crippen LogP contribution in [0.4, 0.5) is 0 Å². The minimum atomic E-state index is -3.82. The molecule has 0 bridgehead atoms. The van der Waals surface area contributed by atoms with E-state index in [1.54, 1.807) is 26.0 Å². The van der Waals surface area contributed by atoms with Crippen molar-refractivity contribution < 1.29 is 18.3 Å². The average Bonchev–Trinajstić information content (AvgIpc) is 2.36. The number of benzene rings is 1. The molecule has 7 heteroatoms. The third-order valence-corrected chi connectivity index (χ3v) is 5.06. The summed E-state index contributed by atoms with van der Waals surface area (Å²) in [5, 5.41) is 8.96. The first-order chi connectivity index (χ1) is 9.64. The predicted octanol–water partition coefficient (Wildman–Crippen LogP) is 0.940. The van der Waals surface area contributed by atoms with Gasteiger partial charge in [0.05, 0.1) is 4.90 Å². The third-order valence-electron chi connectivity index (χ3n) is 3.07. The van der Waals surface area contributed by atoms with Gasteiger partial charge < -0.3 is 10.0 Å². The largest absolute Gasteiger partial charge is 0.480 e. The van der Waals surface area contributed by atoms with Crippen molar-refractivity contribution in [3.63, 3.8) is 0 Å². The van der Waals surface area contributed by atoms with E-state index >= 15 is 0 Å². The molecule has 0 spiro atoms. The molecule has 118 valence electrons. The summed E-state index contributed by atoms with van der Waals surface area (Å²) in [5.74, 6) is -1.16. The van der Waals surface area contributed by atoms with Crippen LogP contribution in [0.15, 0.2) is 23.1 Å². The number of carboxylic acids is 1. The number of carbonyl (C=O) groups is 1. The van der Waals surface area contributed by atoms with Gasteiger partial charge in [0, 0.05) is 13.1 Å². The van der Waals surface area contributed by atoms with Gasteiger partial charge in [-0.3, -0.25) is 4.79 Å². The van der Waals surface area contributed by atoms with Gasteiger partial charge in [-0.05, 0) is 45.1 Å². The molecular formula is C14H22N2O4S. The maximum absolute atomic E-state index is 12.7. The van der Waals surface area contributed by atoms with E-state index in [-0.39, 0.29) is 11.4 Å². The molecule has 0 unspecified atom stereocenters. The van der Waals surface area contributed by atoms with Gasteiger partial charge in [-0.1, -0.05) is 12.1 Å². The highest BCUT2D eigenvalue weighted by molar-refractivity contribution is 7.89. The highest BCUT2D eigenvalue weighted by Crippen LogP contribution is 2.21. The van der Waals surface area contributed by atoms with Crippen molar-refractivity contribution in [2.24, 2.45) is 0 Å². The molecule has 0 aliphatic heterocycles. The van der Waals surface area contributed by atoms with Crippen LogP contribution in [0, 0.1) is 13.8 Å². The zero-order valence-corrected chi connectivity index (χ0v) is 13.6. The summed E-state index contributed by atoms with van der Waals surface area (Å²) in [6.07, 6.45) is 0. The number of carboxylic acid groups (broad SMARTS) is 1. The molecule has 0 amide bonds. The quantitative estimate of drug-likeness (QED) is 0.810. The number of hydrogen-bond acceptors (Lipinski definition) is 4. The Kier molecular flexibility index (Phi) is 5.88. The zero-order chi connectivity index (χ0) is 16.2. The van der Waals surface area contributed by atoms with Crippen molar-refractivity contribution in [1.82, 2.24) is 9.21 Å². The van der Waals surface area contributed by atoms with Crippen LogP contribution < -0.4 is 0 Å².